The summed E-state index contributed by atoms with van der Waals surface area (Å²) < 4.78 is 11.4. The number of aromatic nitrogens is 2. The molecule has 0 unspecified atom stereocenters. The van der Waals surface area contributed by atoms with Crippen molar-refractivity contribution in [3.05, 3.63) is 18.1 Å². The summed E-state index contributed by atoms with van der Waals surface area (Å²) in [5, 5.41) is 0. The van der Waals surface area contributed by atoms with Gasteiger partial charge in [-0.15, -0.1) is 0 Å². The molecule has 2 aliphatic rings. The molecule has 18 heavy (non-hydrogen) atoms. The van der Waals surface area contributed by atoms with Gasteiger partial charge in [-0.05, 0) is 0 Å². The van der Waals surface area contributed by atoms with Crippen LogP contribution >= 0.6 is 0 Å². The lowest BCUT2D eigenvalue weighted by Crippen LogP contribution is -2.45. The maximum Gasteiger partial charge on any atom is 0.171 e. The minimum Gasteiger partial charge on any atom is -0.355 e. The van der Waals surface area contributed by atoms with E-state index in [-0.39, 0.29) is 5.79 Å². The first-order valence-corrected chi connectivity index (χ1v) is 6.35. The highest BCUT2D eigenvalue weighted by molar-refractivity contribution is 5.36. The van der Waals surface area contributed by atoms with Crippen molar-refractivity contribution in [2.45, 2.75) is 25.2 Å². The molecule has 6 nitrogen and oxygen atoms in total. The van der Waals surface area contributed by atoms with Crippen LogP contribution in [0.5, 0.6) is 0 Å². The lowest BCUT2D eigenvalue weighted by molar-refractivity contribution is -0.169. The molecule has 0 atom stereocenters. The number of hydrogen-bond acceptors (Lipinski definition) is 6. The highest BCUT2D eigenvalue weighted by Crippen LogP contribution is 2.32. The molecule has 2 fully saturated rings. The molecule has 6 heteroatoms. The molecule has 0 saturated carbocycles. The Bertz CT molecular complexity index is 393. The summed E-state index contributed by atoms with van der Waals surface area (Å²) >= 11 is 0. The third-order valence-corrected chi connectivity index (χ3v) is 3.56. The number of rotatable bonds is 2. The maximum absolute atomic E-state index is 5.70. The van der Waals surface area contributed by atoms with Crippen LogP contribution in [0.4, 0.5) is 5.82 Å². The monoisotopic (exact) mass is 250 g/mol. The van der Waals surface area contributed by atoms with Gasteiger partial charge < -0.3 is 20.1 Å². The molecule has 1 aromatic rings. The van der Waals surface area contributed by atoms with Gasteiger partial charge in [-0.3, -0.25) is 4.98 Å². The van der Waals surface area contributed by atoms with Crippen molar-refractivity contribution in [3.63, 3.8) is 0 Å². The van der Waals surface area contributed by atoms with Crippen LogP contribution in [-0.2, 0) is 16.0 Å². The fraction of sp³-hybridized carbons (Fsp3) is 0.667. The van der Waals surface area contributed by atoms with E-state index in [0.717, 1.165) is 37.4 Å². The number of nitrogens with two attached hydrogens (primary N) is 1. The highest BCUT2D eigenvalue weighted by atomic mass is 16.7. The molecule has 2 saturated heterocycles. The zero-order valence-electron chi connectivity index (χ0n) is 10.3. The number of piperidine rings is 1. The molecule has 98 valence electrons. The number of nitrogens with zero attached hydrogens (tertiary/aromatic N) is 3. The predicted molar refractivity (Wildman–Crippen MR) is 66.0 cm³/mol. The van der Waals surface area contributed by atoms with Crippen LogP contribution in [0.3, 0.4) is 0 Å². The van der Waals surface area contributed by atoms with Gasteiger partial charge in [0.25, 0.3) is 0 Å². The smallest absolute Gasteiger partial charge is 0.171 e. The van der Waals surface area contributed by atoms with E-state index in [1.54, 1.807) is 12.4 Å². The van der Waals surface area contributed by atoms with E-state index in [2.05, 4.69) is 14.9 Å². The molecule has 0 bridgehead atoms. The Labute approximate surface area is 106 Å². The second-order valence-electron chi connectivity index (χ2n) is 4.66. The Morgan fingerprint density at radius 3 is 2.44 bits per heavy atom. The van der Waals surface area contributed by atoms with Crippen LogP contribution in [-0.4, -0.2) is 42.1 Å². The minimum atomic E-state index is -0.332. The van der Waals surface area contributed by atoms with Crippen molar-refractivity contribution in [2.75, 3.05) is 31.2 Å². The van der Waals surface area contributed by atoms with Gasteiger partial charge >= 0.3 is 0 Å². The normalized spacial score (nSPS) is 22.6. The minimum absolute atomic E-state index is 0.332. The third-order valence-electron chi connectivity index (χ3n) is 3.56. The van der Waals surface area contributed by atoms with Crippen LogP contribution in [0.1, 0.15) is 18.5 Å². The summed E-state index contributed by atoms with van der Waals surface area (Å²) in [4.78, 5) is 10.9. The van der Waals surface area contributed by atoms with Crippen molar-refractivity contribution >= 4 is 5.82 Å². The van der Waals surface area contributed by atoms with Gasteiger partial charge in [0.2, 0.25) is 0 Å². The Morgan fingerprint density at radius 1 is 1.17 bits per heavy atom. The fourth-order valence-corrected chi connectivity index (χ4v) is 2.48. The number of ether oxygens (including phenoxy) is 2. The SMILES string of the molecule is NCc1cnc(N2CCC3(CC2)OCCO3)cn1. The van der Waals surface area contributed by atoms with E-state index in [1.165, 1.54) is 0 Å². The predicted octanol–water partition coefficient (Wildman–Crippen LogP) is 0.279. The zero-order chi connectivity index (χ0) is 12.4. The van der Waals surface area contributed by atoms with Gasteiger partial charge in [-0.1, -0.05) is 0 Å². The van der Waals surface area contributed by atoms with E-state index >= 15 is 0 Å². The summed E-state index contributed by atoms with van der Waals surface area (Å²) in [6.45, 7) is 3.63. The quantitative estimate of drug-likeness (QED) is 0.812. The van der Waals surface area contributed by atoms with Crippen molar-refractivity contribution in [1.82, 2.24) is 9.97 Å². The standard InChI is InChI=1S/C12H18N4O2/c13-7-10-8-15-11(9-14-10)16-3-1-12(2-4-16)17-5-6-18-12/h8-9H,1-7,13H2. The summed E-state index contributed by atoms with van der Waals surface area (Å²) in [6, 6.07) is 0. The molecule has 0 aromatic carbocycles. The van der Waals surface area contributed by atoms with Crippen LogP contribution in [0.15, 0.2) is 12.4 Å². The van der Waals surface area contributed by atoms with Gasteiger partial charge in [0.15, 0.2) is 5.79 Å². The van der Waals surface area contributed by atoms with E-state index in [4.69, 9.17) is 15.2 Å². The molecule has 2 N–H and O–H groups in total. The molecule has 1 aromatic heterocycles. The second kappa shape index (κ2) is 4.79. The molecular weight excluding hydrogens is 232 g/mol. The molecule has 0 aliphatic carbocycles. The van der Waals surface area contributed by atoms with E-state index in [1.807, 2.05) is 0 Å². The first kappa shape index (κ1) is 11.8. The molecule has 3 rings (SSSR count). The van der Waals surface area contributed by atoms with Crippen LogP contribution in [0, 0.1) is 0 Å². The first-order valence-electron chi connectivity index (χ1n) is 6.35. The Hall–Kier alpha value is -1.24. The van der Waals surface area contributed by atoms with Gasteiger partial charge in [0.1, 0.15) is 5.82 Å². The Balaban J connectivity index is 1.64. The van der Waals surface area contributed by atoms with Crippen LogP contribution in [0.2, 0.25) is 0 Å². The largest absolute Gasteiger partial charge is 0.355 e. The molecule has 0 amide bonds. The van der Waals surface area contributed by atoms with Gasteiger partial charge in [0.05, 0.1) is 31.3 Å². The van der Waals surface area contributed by atoms with E-state index < -0.39 is 0 Å². The summed E-state index contributed by atoms with van der Waals surface area (Å²) in [5.74, 6) is 0.571. The highest BCUT2D eigenvalue weighted by Gasteiger charge is 2.39. The van der Waals surface area contributed by atoms with E-state index in [9.17, 15) is 0 Å². The van der Waals surface area contributed by atoms with Crippen molar-refractivity contribution in [2.24, 2.45) is 5.73 Å². The maximum atomic E-state index is 5.70. The topological polar surface area (TPSA) is 73.5 Å². The zero-order valence-corrected chi connectivity index (χ0v) is 10.3. The van der Waals surface area contributed by atoms with Crippen LogP contribution < -0.4 is 10.6 Å². The summed E-state index contributed by atoms with van der Waals surface area (Å²) in [5.41, 5.74) is 6.32. The lowest BCUT2D eigenvalue weighted by Gasteiger charge is -2.37. The molecule has 2 aliphatic heterocycles. The van der Waals surface area contributed by atoms with E-state index in [0.29, 0.717) is 19.8 Å². The third kappa shape index (κ3) is 2.19. The summed E-state index contributed by atoms with van der Waals surface area (Å²) in [6.07, 6.45) is 5.29. The van der Waals surface area contributed by atoms with Gasteiger partial charge in [-0.2, -0.15) is 0 Å². The lowest BCUT2D eigenvalue weighted by atomic mass is 10.0. The summed E-state index contributed by atoms with van der Waals surface area (Å²) in [7, 11) is 0. The van der Waals surface area contributed by atoms with Crippen molar-refractivity contribution in [3.8, 4) is 0 Å². The molecule has 3 heterocycles. The average molecular weight is 250 g/mol. The Kier molecular flexibility index (Phi) is 3.15. The second-order valence-corrected chi connectivity index (χ2v) is 4.66. The van der Waals surface area contributed by atoms with Gasteiger partial charge in [0, 0.05) is 32.5 Å². The Morgan fingerprint density at radius 2 is 1.89 bits per heavy atom. The van der Waals surface area contributed by atoms with Crippen LogP contribution in [0.25, 0.3) is 0 Å². The van der Waals surface area contributed by atoms with Crippen molar-refractivity contribution < 1.29 is 9.47 Å². The van der Waals surface area contributed by atoms with Gasteiger partial charge in [-0.25, -0.2) is 4.98 Å². The molecule has 1 spiro atoms. The molecule has 0 radical (unpaired) electrons. The fourth-order valence-electron chi connectivity index (χ4n) is 2.48. The number of anilines is 1. The van der Waals surface area contributed by atoms with Crippen molar-refractivity contribution in [1.29, 1.82) is 0 Å². The average Bonchev–Trinajstić information content (AvgIpc) is 2.88. The number of hydrogen-bond donors (Lipinski definition) is 1. The first-order chi connectivity index (χ1) is 8.81. The molecular formula is C12H18N4O2.